The van der Waals surface area contributed by atoms with Crippen molar-refractivity contribution in [3.8, 4) is 0 Å². The number of ether oxygens (including phenoxy) is 1. The van der Waals surface area contributed by atoms with Crippen LogP contribution in [0.5, 0.6) is 0 Å². The Labute approximate surface area is 152 Å². The lowest BCUT2D eigenvalue weighted by Gasteiger charge is -2.40. The van der Waals surface area contributed by atoms with Gasteiger partial charge in [0.15, 0.2) is 0 Å². The van der Waals surface area contributed by atoms with E-state index < -0.39 is 5.60 Å². The van der Waals surface area contributed by atoms with E-state index in [-0.39, 0.29) is 18.0 Å². The van der Waals surface area contributed by atoms with Crippen molar-refractivity contribution in [3.05, 3.63) is 33.5 Å². The molecule has 1 atom stereocenters. The fourth-order valence-electron chi connectivity index (χ4n) is 2.75. The zero-order chi connectivity index (χ0) is 18.1. The highest BCUT2D eigenvalue weighted by Gasteiger charge is 2.30. The van der Waals surface area contributed by atoms with Crippen molar-refractivity contribution in [2.75, 3.05) is 19.6 Å². The maximum atomic E-state index is 13.8. The Morgan fingerprint density at radius 1 is 1.38 bits per heavy atom. The first-order chi connectivity index (χ1) is 11.1. The van der Waals surface area contributed by atoms with Gasteiger partial charge in [0, 0.05) is 36.7 Å². The van der Waals surface area contributed by atoms with Crippen LogP contribution >= 0.6 is 15.9 Å². The molecule has 1 saturated heterocycles. The second-order valence-electron chi connectivity index (χ2n) is 7.44. The molecule has 24 heavy (non-hydrogen) atoms. The van der Waals surface area contributed by atoms with Crippen LogP contribution in [0.15, 0.2) is 16.6 Å². The third kappa shape index (κ3) is 4.93. The highest BCUT2D eigenvalue weighted by molar-refractivity contribution is 9.10. The maximum absolute atomic E-state index is 13.8. The minimum Gasteiger partial charge on any atom is -0.444 e. The molecule has 1 heterocycles. The standard InChI is InChI=1S/C18H26BrFN2O2/c1-12-8-15(19)14(9-16(12)20)11-21-6-7-22(10-13(21)2)17(23)24-18(3,4)5/h8-9,13H,6-7,10-11H2,1-5H3/t13-/m1/s1. The number of rotatable bonds is 2. The predicted octanol–water partition coefficient (Wildman–Crippen LogP) is 4.34. The van der Waals surface area contributed by atoms with Gasteiger partial charge < -0.3 is 9.64 Å². The van der Waals surface area contributed by atoms with Gasteiger partial charge in [0.2, 0.25) is 0 Å². The predicted molar refractivity (Wildman–Crippen MR) is 96.5 cm³/mol. The van der Waals surface area contributed by atoms with Crippen LogP contribution in [0.4, 0.5) is 9.18 Å². The number of carbonyl (C=O) groups excluding carboxylic acids is 1. The summed E-state index contributed by atoms with van der Waals surface area (Å²) < 4.78 is 20.2. The number of hydrogen-bond donors (Lipinski definition) is 0. The number of halogens is 2. The average molecular weight is 401 g/mol. The first-order valence-corrected chi connectivity index (χ1v) is 9.02. The molecule has 0 radical (unpaired) electrons. The summed E-state index contributed by atoms with van der Waals surface area (Å²) in [5.41, 5.74) is 1.07. The van der Waals surface area contributed by atoms with Crippen LogP contribution in [0.25, 0.3) is 0 Å². The van der Waals surface area contributed by atoms with Crippen LogP contribution in [0.1, 0.15) is 38.8 Å². The van der Waals surface area contributed by atoms with E-state index >= 15 is 0 Å². The molecule has 0 saturated carbocycles. The molecule has 1 fully saturated rings. The Kier molecular flexibility index (Phi) is 5.91. The van der Waals surface area contributed by atoms with Crippen molar-refractivity contribution in [2.45, 2.75) is 52.8 Å². The monoisotopic (exact) mass is 400 g/mol. The fourth-order valence-corrected chi connectivity index (χ4v) is 3.33. The largest absolute Gasteiger partial charge is 0.444 e. The van der Waals surface area contributed by atoms with Crippen LogP contribution in [-0.2, 0) is 11.3 Å². The molecule has 0 unspecified atom stereocenters. The summed E-state index contributed by atoms with van der Waals surface area (Å²) >= 11 is 3.52. The van der Waals surface area contributed by atoms with E-state index in [2.05, 4.69) is 27.8 Å². The maximum Gasteiger partial charge on any atom is 0.410 e. The summed E-state index contributed by atoms with van der Waals surface area (Å²) in [7, 11) is 0. The molecule has 134 valence electrons. The summed E-state index contributed by atoms with van der Waals surface area (Å²) in [5, 5.41) is 0. The van der Waals surface area contributed by atoms with Crippen LogP contribution in [0, 0.1) is 12.7 Å². The number of benzene rings is 1. The molecule has 0 bridgehead atoms. The third-order valence-electron chi connectivity index (χ3n) is 4.12. The van der Waals surface area contributed by atoms with Gasteiger partial charge in [0.25, 0.3) is 0 Å². The van der Waals surface area contributed by atoms with Gasteiger partial charge in [-0.1, -0.05) is 15.9 Å². The molecule has 1 aromatic rings. The summed E-state index contributed by atoms with van der Waals surface area (Å²) in [6.07, 6.45) is -0.267. The van der Waals surface area contributed by atoms with Crippen molar-refractivity contribution in [1.82, 2.24) is 9.80 Å². The van der Waals surface area contributed by atoms with Gasteiger partial charge in [-0.3, -0.25) is 4.90 Å². The number of nitrogens with zero attached hydrogens (tertiary/aromatic N) is 2. The first kappa shape index (κ1) is 19.2. The summed E-state index contributed by atoms with van der Waals surface area (Å²) in [6, 6.07) is 3.58. The summed E-state index contributed by atoms with van der Waals surface area (Å²) in [6.45, 7) is 12.1. The summed E-state index contributed by atoms with van der Waals surface area (Å²) in [4.78, 5) is 16.2. The molecular formula is C18H26BrFN2O2. The Bertz CT molecular complexity index is 616. The quantitative estimate of drug-likeness (QED) is 0.739. The third-order valence-corrected chi connectivity index (χ3v) is 4.86. The molecular weight excluding hydrogens is 375 g/mol. The number of amides is 1. The van der Waals surface area contributed by atoms with Gasteiger partial charge >= 0.3 is 6.09 Å². The zero-order valence-electron chi connectivity index (χ0n) is 15.0. The van der Waals surface area contributed by atoms with E-state index in [9.17, 15) is 9.18 Å². The number of carbonyl (C=O) groups is 1. The van der Waals surface area contributed by atoms with Crippen molar-refractivity contribution in [2.24, 2.45) is 0 Å². The minimum atomic E-state index is -0.484. The van der Waals surface area contributed by atoms with E-state index in [0.29, 0.717) is 25.2 Å². The Morgan fingerprint density at radius 3 is 2.62 bits per heavy atom. The SMILES string of the molecule is Cc1cc(Br)c(CN2CCN(C(=O)OC(C)(C)C)C[C@H]2C)cc1F. The first-order valence-electron chi connectivity index (χ1n) is 8.23. The molecule has 1 amide bonds. The number of piperazine rings is 1. The zero-order valence-corrected chi connectivity index (χ0v) is 16.6. The Morgan fingerprint density at radius 2 is 2.04 bits per heavy atom. The second-order valence-corrected chi connectivity index (χ2v) is 8.29. The van der Waals surface area contributed by atoms with Crippen molar-refractivity contribution < 1.29 is 13.9 Å². The molecule has 0 aliphatic carbocycles. The fraction of sp³-hybridized carbons (Fsp3) is 0.611. The molecule has 4 nitrogen and oxygen atoms in total. The Balaban J connectivity index is 1.99. The van der Waals surface area contributed by atoms with E-state index in [4.69, 9.17) is 4.74 Å². The van der Waals surface area contributed by atoms with E-state index in [0.717, 1.165) is 16.6 Å². The summed E-state index contributed by atoms with van der Waals surface area (Å²) in [5.74, 6) is -0.187. The van der Waals surface area contributed by atoms with E-state index in [1.54, 1.807) is 17.9 Å². The molecule has 1 aromatic carbocycles. The Hall–Kier alpha value is -1.14. The molecule has 0 aromatic heterocycles. The van der Waals surface area contributed by atoms with Crippen molar-refractivity contribution in [3.63, 3.8) is 0 Å². The van der Waals surface area contributed by atoms with Crippen LogP contribution in [-0.4, -0.2) is 47.2 Å². The van der Waals surface area contributed by atoms with Crippen LogP contribution in [0.2, 0.25) is 0 Å². The average Bonchev–Trinajstić information content (AvgIpc) is 2.44. The highest BCUT2D eigenvalue weighted by Crippen LogP contribution is 2.24. The lowest BCUT2D eigenvalue weighted by molar-refractivity contribution is 0.00458. The number of hydrogen-bond acceptors (Lipinski definition) is 3. The van der Waals surface area contributed by atoms with Gasteiger partial charge in [0.05, 0.1) is 0 Å². The molecule has 6 heteroatoms. The molecule has 1 aliphatic heterocycles. The molecule has 2 rings (SSSR count). The van der Waals surface area contributed by atoms with E-state index in [1.165, 1.54) is 0 Å². The van der Waals surface area contributed by atoms with Gasteiger partial charge in [-0.25, -0.2) is 9.18 Å². The highest BCUT2D eigenvalue weighted by atomic mass is 79.9. The topological polar surface area (TPSA) is 32.8 Å². The molecule has 0 spiro atoms. The lowest BCUT2D eigenvalue weighted by Crippen LogP contribution is -2.54. The van der Waals surface area contributed by atoms with Crippen molar-refractivity contribution in [1.29, 1.82) is 0 Å². The second kappa shape index (κ2) is 7.40. The molecule has 1 aliphatic rings. The normalized spacial score (nSPS) is 19.5. The van der Waals surface area contributed by atoms with Gasteiger partial charge in [0.1, 0.15) is 11.4 Å². The minimum absolute atomic E-state index is 0.183. The van der Waals surface area contributed by atoms with Gasteiger partial charge in [-0.15, -0.1) is 0 Å². The van der Waals surface area contributed by atoms with Crippen LogP contribution < -0.4 is 0 Å². The van der Waals surface area contributed by atoms with Crippen LogP contribution in [0.3, 0.4) is 0 Å². The van der Waals surface area contributed by atoms with Crippen molar-refractivity contribution >= 4 is 22.0 Å². The smallest absolute Gasteiger partial charge is 0.410 e. The van der Waals surface area contributed by atoms with Gasteiger partial charge in [-0.05, 0) is 57.9 Å². The van der Waals surface area contributed by atoms with Gasteiger partial charge in [-0.2, -0.15) is 0 Å². The number of aryl methyl sites for hydroxylation is 1. The molecule has 0 N–H and O–H groups in total. The lowest BCUT2D eigenvalue weighted by atomic mass is 10.1. The van der Waals surface area contributed by atoms with E-state index in [1.807, 2.05) is 26.8 Å².